The molecule has 0 saturated carbocycles. The Morgan fingerprint density at radius 1 is 0.579 bits per heavy atom. The lowest BCUT2D eigenvalue weighted by Gasteiger charge is -2.39. The standard InChI is InChI=1S/C34H42O23/c1-50-13-2-9(3-14(19(13)39)53-33-28(48)25(45)21(41)16(7-36)55-33)30-31(57-34-29(49)26(46)22(42)17(8-37)56-34)23(43)18-11(38)4-10(5-12(18)52-30)51-32-27(47)24(44)20(40)15(6-35)54-32/h2-5,15-17,20-22,24-29,32-42,44-49H,6-8H2,1H3/t15-,16-,17-,20-,21-,22-,24-,25-,26-,27-,28-,29-,32-,33-,34-/m0/s1. The zero-order valence-electron chi connectivity index (χ0n) is 29.5. The third-order valence-corrected chi connectivity index (χ3v) is 9.70. The summed E-state index contributed by atoms with van der Waals surface area (Å²) in [6, 6.07) is 3.95. The number of hydrogen-bond acceptors (Lipinski definition) is 23. The van der Waals surface area contributed by atoms with Crippen molar-refractivity contribution in [1.82, 2.24) is 0 Å². The molecule has 3 aliphatic heterocycles. The molecule has 316 valence electrons. The lowest BCUT2D eigenvalue weighted by molar-refractivity contribution is -0.277. The number of fused-ring (bicyclic) bond motifs is 1. The van der Waals surface area contributed by atoms with E-state index in [2.05, 4.69) is 0 Å². The number of benzene rings is 2. The van der Waals surface area contributed by atoms with E-state index >= 15 is 0 Å². The molecule has 0 unspecified atom stereocenters. The van der Waals surface area contributed by atoms with Gasteiger partial charge in [0.15, 0.2) is 17.3 Å². The van der Waals surface area contributed by atoms with Crippen LogP contribution in [-0.2, 0) is 14.2 Å². The molecule has 1 aromatic heterocycles. The number of aliphatic hydroxyl groups is 12. The van der Waals surface area contributed by atoms with Gasteiger partial charge in [-0.1, -0.05) is 0 Å². The van der Waals surface area contributed by atoms with Crippen LogP contribution < -0.4 is 24.4 Å². The first-order valence-corrected chi connectivity index (χ1v) is 17.2. The van der Waals surface area contributed by atoms with Crippen molar-refractivity contribution in [2.24, 2.45) is 0 Å². The number of phenolic OH excluding ortho intramolecular Hbond substituents is 2. The molecule has 6 rings (SSSR count). The summed E-state index contributed by atoms with van der Waals surface area (Å²) in [5.74, 6) is -4.42. The van der Waals surface area contributed by atoms with Gasteiger partial charge >= 0.3 is 0 Å². The highest BCUT2D eigenvalue weighted by Gasteiger charge is 2.48. The van der Waals surface area contributed by atoms with E-state index in [1.54, 1.807) is 0 Å². The predicted octanol–water partition coefficient (Wildman–Crippen LogP) is -5.58. The van der Waals surface area contributed by atoms with Crippen LogP contribution in [0.5, 0.6) is 34.5 Å². The highest BCUT2D eigenvalue weighted by molar-refractivity contribution is 5.88. The molecule has 0 aliphatic carbocycles. The lowest BCUT2D eigenvalue weighted by Crippen LogP contribution is -2.60. The minimum absolute atomic E-state index is 0.275. The molecule has 3 saturated heterocycles. The Labute approximate surface area is 319 Å². The van der Waals surface area contributed by atoms with Crippen molar-refractivity contribution in [2.45, 2.75) is 92.1 Å². The quantitative estimate of drug-likeness (QED) is 0.0857. The van der Waals surface area contributed by atoms with Gasteiger partial charge in [0, 0.05) is 17.7 Å². The Morgan fingerprint density at radius 2 is 1.04 bits per heavy atom. The highest BCUT2D eigenvalue weighted by atomic mass is 16.7. The van der Waals surface area contributed by atoms with E-state index in [0.717, 1.165) is 31.4 Å². The molecule has 3 fully saturated rings. The Hall–Kier alpha value is -4.15. The zero-order valence-corrected chi connectivity index (χ0v) is 29.5. The SMILES string of the molecule is COc1cc(-c2oc3cc(O[C@H]4O[C@@H](CO)[C@H](O)[C@H](O)[C@@H]4O)cc(O)c3c(=O)c2O[C@@H]2O[C@@H](CO)[C@H](O)[C@H](O)[C@@H]2O)cc(O[C@H]2O[C@@H](CO)[C@H](O)[C@H](O)[C@@H]2O)c1O. The number of rotatable bonds is 11. The van der Waals surface area contributed by atoms with Crippen LogP contribution in [0.25, 0.3) is 22.3 Å². The summed E-state index contributed by atoms with van der Waals surface area (Å²) in [7, 11) is 1.11. The molecular weight excluding hydrogens is 776 g/mol. The predicted molar refractivity (Wildman–Crippen MR) is 181 cm³/mol. The normalized spacial score (nSPS) is 35.8. The summed E-state index contributed by atoms with van der Waals surface area (Å²) in [5.41, 5.74) is -1.95. The summed E-state index contributed by atoms with van der Waals surface area (Å²) in [5, 5.41) is 144. The smallest absolute Gasteiger partial charge is 0.239 e. The molecule has 23 heteroatoms. The summed E-state index contributed by atoms with van der Waals surface area (Å²) in [4.78, 5) is 14.3. The molecule has 0 spiro atoms. The molecule has 14 N–H and O–H groups in total. The van der Waals surface area contributed by atoms with Crippen LogP contribution in [-0.4, -0.2) is 191 Å². The van der Waals surface area contributed by atoms with Crippen molar-refractivity contribution in [3.05, 3.63) is 34.5 Å². The Kier molecular flexibility index (Phi) is 12.6. The van der Waals surface area contributed by atoms with Crippen LogP contribution in [0.2, 0.25) is 0 Å². The molecule has 3 aliphatic rings. The molecule has 3 aromatic rings. The Morgan fingerprint density at radius 3 is 1.51 bits per heavy atom. The van der Waals surface area contributed by atoms with Crippen molar-refractivity contribution >= 4 is 11.0 Å². The maximum absolute atomic E-state index is 14.3. The van der Waals surface area contributed by atoms with Gasteiger partial charge in [-0.3, -0.25) is 4.79 Å². The highest BCUT2D eigenvalue weighted by Crippen LogP contribution is 2.45. The third kappa shape index (κ3) is 7.88. The summed E-state index contributed by atoms with van der Waals surface area (Å²) in [6.45, 7) is -2.49. The molecule has 2 aromatic carbocycles. The van der Waals surface area contributed by atoms with Gasteiger partial charge in [-0.15, -0.1) is 0 Å². The summed E-state index contributed by atoms with van der Waals surface area (Å²) >= 11 is 0. The van der Waals surface area contributed by atoms with Crippen molar-refractivity contribution in [1.29, 1.82) is 0 Å². The van der Waals surface area contributed by atoms with E-state index in [1.165, 1.54) is 0 Å². The zero-order chi connectivity index (χ0) is 41.6. The largest absolute Gasteiger partial charge is 0.507 e. The van der Waals surface area contributed by atoms with Crippen LogP contribution in [0.15, 0.2) is 33.5 Å². The molecule has 57 heavy (non-hydrogen) atoms. The van der Waals surface area contributed by atoms with Gasteiger partial charge < -0.3 is 109 Å². The number of hydrogen-bond donors (Lipinski definition) is 14. The number of phenols is 2. The fraction of sp³-hybridized carbons (Fsp3) is 0.559. The number of aliphatic hydroxyl groups excluding tert-OH is 12. The monoisotopic (exact) mass is 818 g/mol. The average molecular weight is 819 g/mol. The first-order valence-electron chi connectivity index (χ1n) is 17.2. The van der Waals surface area contributed by atoms with Crippen LogP contribution in [0.1, 0.15) is 0 Å². The summed E-state index contributed by atoms with van der Waals surface area (Å²) in [6.07, 6.45) is -26.8. The van der Waals surface area contributed by atoms with Crippen molar-refractivity contribution in [3.8, 4) is 45.8 Å². The molecule has 0 bridgehead atoms. The molecule has 15 atom stereocenters. The van der Waals surface area contributed by atoms with Gasteiger partial charge in [-0.05, 0) is 12.1 Å². The second-order valence-electron chi connectivity index (χ2n) is 13.4. The van der Waals surface area contributed by atoms with E-state index in [9.17, 15) is 76.3 Å². The van der Waals surface area contributed by atoms with Gasteiger partial charge in [0.1, 0.15) is 95.7 Å². The fourth-order valence-corrected chi connectivity index (χ4v) is 6.45. The van der Waals surface area contributed by atoms with Crippen LogP contribution in [0, 0.1) is 0 Å². The van der Waals surface area contributed by atoms with Gasteiger partial charge in [-0.25, -0.2) is 0 Å². The molecule has 4 heterocycles. The average Bonchev–Trinajstić information content (AvgIpc) is 3.19. The molecule has 0 amide bonds. The Bertz CT molecular complexity index is 1930. The second kappa shape index (κ2) is 17.0. The molecule has 23 nitrogen and oxygen atoms in total. The minimum atomic E-state index is -2.06. The third-order valence-electron chi connectivity index (χ3n) is 9.70. The maximum atomic E-state index is 14.3. The minimum Gasteiger partial charge on any atom is -0.507 e. The van der Waals surface area contributed by atoms with Crippen LogP contribution in [0.4, 0.5) is 0 Å². The number of ether oxygens (including phenoxy) is 7. The maximum Gasteiger partial charge on any atom is 0.239 e. The first kappa shape index (κ1) is 42.5. The van der Waals surface area contributed by atoms with Gasteiger partial charge in [0.05, 0.1) is 26.9 Å². The molecular formula is C34H42O23. The fourth-order valence-electron chi connectivity index (χ4n) is 6.45. The van der Waals surface area contributed by atoms with E-state index in [-0.39, 0.29) is 11.3 Å². The van der Waals surface area contributed by atoms with Gasteiger partial charge in [0.25, 0.3) is 0 Å². The van der Waals surface area contributed by atoms with Crippen LogP contribution in [0.3, 0.4) is 0 Å². The van der Waals surface area contributed by atoms with Crippen molar-refractivity contribution < 1.29 is 109 Å². The molecule has 0 radical (unpaired) electrons. The lowest BCUT2D eigenvalue weighted by atomic mass is 9.99. The first-order chi connectivity index (χ1) is 27.0. The van der Waals surface area contributed by atoms with E-state index in [0.29, 0.717) is 0 Å². The topological polar surface area (TPSA) is 378 Å². The van der Waals surface area contributed by atoms with Crippen molar-refractivity contribution in [3.63, 3.8) is 0 Å². The van der Waals surface area contributed by atoms with Gasteiger partial charge in [-0.2, -0.15) is 0 Å². The number of aromatic hydroxyl groups is 2. The van der Waals surface area contributed by atoms with Crippen molar-refractivity contribution in [2.75, 3.05) is 26.9 Å². The number of methoxy groups -OCH3 is 1. The second-order valence-corrected chi connectivity index (χ2v) is 13.4. The Balaban J connectivity index is 1.49. The van der Waals surface area contributed by atoms with E-state index in [4.69, 9.17) is 37.6 Å². The summed E-state index contributed by atoms with van der Waals surface area (Å²) < 4.78 is 44.5. The van der Waals surface area contributed by atoms with E-state index < -0.39 is 163 Å². The van der Waals surface area contributed by atoms with Crippen LogP contribution >= 0.6 is 0 Å². The van der Waals surface area contributed by atoms with Gasteiger partial charge in [0.2, 0.25) is 35.8 Å². The van der Waals surface area contributed by atoms with E-state index in [1.807, 2.05) is 0 Å².